The molecule has 3 N–H and O–H groups in total. The summed E-state index contributed by atoms with van der Waals surface area (Å²) in [4.78, 5) is 23.5. The molecule has 1 aliphatic rings. The first-order valence-corrected chi connectivity index (χ1v) is 9.80. The molecule has 3 heterocycles. The minimum Gasteiger partial charge on any atom is -0.336 e. The summed E-state index contributed by atoms with van der Waals surface area (Å²) in [6, 6.07) is 15.9. The lowest BCUT2D eigenvalue weighted by atomic mass is 9.89. The van der Waals surface area contributed by atoms with Crippen LogP contribution in [0.25, 0.3) is 0 Å². The van der Waals surface area contributed by atoms with Crippen LogP contribution in [0.5, 0.6) is 0 Å². The SMILES string of the molecule is Cl.Cl.NC[C@@H]1CN(C(=O)c2csc(Nc3ccccn3)n2)C[C@H]1c1ccccc1. The van der Waals surface area contributed by atoms with Gasteiger partial charge in [0.05, 0.1) is 0 Å². The van der Waals surface area contributed by atoms with Crippen molar-refractivity contribution < 1.29 is 4.79 Å². The molecule has 0 saturated carbocycles. The number of anilines is 2. The number of likely N-dealkylation sites (tertiary alicyclic amines) is 1. The number of nitrogens with one attached hydrogen (secondary N) is 1. The van der Waals surface area contributed by atoms with Crippen molar-refractivity contribution in [1.82, 2.24) is 14.9 Å². The third-order valence-electron chi connectivity index (χ3n) is 4.88. The average molecular weight is 452 g/mol. The Morgan fingerprint density at radius 2 is 1.90 bits per heavy atom. The zero-order chi connectivity index (χ0) is 18.6. The third-order valence-corrected chi connectivity index (χ3v) is 5.64. The Bertz CT molecular complexity index is 910. The van der Waals surface area contributed by atoms with Gasteiger partial charge < -0.3 is 16.0 Å². The fraction of sp³-hybridized carbons (Fsp3) is 0.250. The molecule has 0 aliphatic carbocycles. The lowest BCUT2D eigenvalue weighted by molar-refractivity contribution is 0.0781. The predicted molar refractivity (Wildman–Crippen MR) is 122 cm³/mol. The maximum atomic E-state index is 12.9. The van der Waals surface area contributed by atoms with Gasteiger partial charge in [-0.2, -0.15) is 0 Å². The average Bonchev–Trinajstić information content (AvgIpc) is 3.36. The van der Waals surface area contributed by atoms with Crippen molar-refractivity contribution in [2.45, 2.75) is 5.92 Å². The highest BCUT2D eigenvalue weighted by Gasteiger charge is 2.36. The van der Waals surface area contributed by atoms with Crippen LogP contribution < -0.4 is 11.1 Å². The van der Waals surface area contributed by atoms with Gasteiger partial charge in [0.25, 0.3) is 5.91 Å². The number of hydrogen-bond donors (Lipinski definition) is 2. The lowest BCUT2D eigenvalue weighted by Gasteiger charge is -2.16. The largest absolute Gasteiger partial charge is 0.336 e. The Hall–Kier alpha value is -2.19. The molecule has 1 saturated heterocycles. The number of hydrogen-bond acceptors (Lipinski definition) is 6. The van der Waals surface area contributed by atoms with Crippen LogP contribution in [0, 0.1) is 5.92 Å². The highest BCUT2D eigenvalue weighted by Crippen LogP contribution is 2.33. The molecular formula is C20H23Cl2N5OS. The second-order valence-electron chi connectivity index (χ2n) is 6.60. The number of carbonyl (C=O) groups excluding carboxylic acids is 1. The van der Waals surface area contributed by atoms with E-state index in [9.17, 15) is 4.79 Å². The Labute approximate surface area is 186 Å². The Morgan fingerprint density at radius 1 is 1.14 bits per heavy atom. The Morgan fingerprint density at radius 3 is 2.59 bits per heavy atom. The van der Waals surface area contributed by atoms with Crippen LogP contribution in [0.4, 0.5) is 10.9 Å². The van der Waals surface area contributed by atoms with E-state index in [1.165, 1.54) is 16.9 Å². The van der Waals surface area contributed by atoms with E-state index in [1.807, 2.05) is 41.3 Å². The van der Waals surface area contributed by atoms with Crippen molar-refractivity contribution in [3.63, 3.8) is 0 Å². The van der Waals surface area contributed by atoms with Gasteiger partial charge >= 0.3 is 0 Å². The molecule has 29 heavy (non-hydrogen) atoms. The van der Waals surface area contributed by atoms with Gasteiger partial charge in [0.1, 0.15) is 11.5 Å². The summed E-state index contributed by atoms with van der Waals surface area (Å²) in [7, 11) is 0. The molecule has 0 spiro atoms. The number of aromatic nitrogens is 2. The van der Waals surface area contributed by atoms with Crippen molar-refractivity contribution in [3.8, 4) is 0 Å². The highest BCUT2D eigenvalue weighted by atomic mass is 35.5. The van der Waals surface area contributed by atoms with Crippen LogP contribution in [0.2, 0.25) is 0 Å². The molecule has 4 rings (SSSR count). The topological polar surface area (TPSA) is 84.1 Å². The molecule has 0 bridgehead atoms. The van der Waals surface area contributed by atoms with Crippen LogP contribution in [0.15, 0.2) is 60.1 Å². The summed E-state index contributed by atoms with van der Waals surface area (Å²) >= 11 is 1.40. The van der Waals surface area contributed by atoms with Crippen molar-refractivity contribution >= 4 is 53.0 Å². The highest BCUT2D eigenvalue weighted by molar-refractivity contribution is 7.14. The molecule has 6 nitrogen and oxygen atoms in total. The number of benzene rings is 1. The van der Waals surface area contributed by atoms with Gasteiger partial charge in [-0.15, -0.1) is 36.2 Å². The number of nitrogens with zero attached hydrogens (tertiary/aromatic N) is 3. The number of nitrogens with two attached hydrogens (primary N) is 1. The monoisotopic (exact) mass is 451 g/mol. The fourth-order valence-corrected chi connectivity index (χ4v) is 4.18. The molecule has 154 valence electrons. The molecule has 2 atom stereocenters. The molecule has 0 unspecified atom stereocenters. The van der Waals surface area contributed by atoms with E-state index in [0.717, 1.165) is 0 Å². The molecule has 1 aromatic carbocycles. The minimum absolute atomic E-state index is 0. The molecule has 1 fully saturated rings. The van der Waals surface area contributed by atoms with E-state index in [-0.39, 0.29) is 42.6 Å². The number of pyridine rings is 1. The van der Waals surface area contributed by atoms with E-state index >= 15 is 0 Å². The van der Waals surface area contributed by atoms with Gasteiger partial charge in [-0.1, -0.05) is 36.4 Å². The summed E-state index contributed by atoms with van der Waals surface area (Å²) in [5, 5.41) is 5.58. The molecule has 1 amide bonds. The van der Waals surface area contributed by atoms with Crippen molar-refractivity contribution in [2.24, 2.45) is 11.7 Å². The van der Waals surface area contributed by atoms with Crippen LogP contribution in [-0.2, 0) is 0 Å². The minimum atomic E-state index is -0.0443. The maximum absolute atomic E-state index is 12.9. The number of amides is 1. The summed E-state index contributed by atoms with van der Waals surface area (Å²) in [5.41, 5.74) is 7.68. The number of rotatable bonds is 5. The van der Waals surface area contributed by atoms with E-state index in [2.05, 4.69) is 27.4 Å². The van der Waals surface area contributed by atoms with E-state index in [4.69, 9.17) is 5.73 Å². The lowest BCUT2D eigenvalue weighted by Crippen LogP contribution is -2.30. The standard InChI is InChI=1S/C20H21N5OS.2ClH/c21-10-15-11-25(12-16(15)14-6-2-1-3-7-14)19(26)17-13-27-20(23-17)24-18-8-4-5-9-22-18;;/h1-9,13,15-16H,10-12,21H2,(H,22,23,24);2*1H/t15-,16+;;/m1../s1. The van der Waals surface area contributed by atoms with Crippen molar-refractivity contribution in [1.29, 1.82) is 0 Å². The molecule has 3 aromatic rings. The first kappa shape index (κ1) is 23.1. The fourth-order valence-electron chi connectivity index (χ4n) is 3.49. The Kier molecular flexibility index (Phi) is 8.40. The second-order valence-corrected chi connectivity index (χ2v) is 7.46. The summed E-state index contributed by atoms with van der Waals surface area (Å²) < 4.78 is 0. The van der Waals surface area contributed by atoms with E-state index in [0.29, 0.717) is 36.3 Å². The van der Waals surface area contributed by atoms with Gasteiger partial charge in [0.15, 0.2) is 5.13 Å². The molecular weight excluding hydrogens is 429 g/mol. The molecule has 9 heteroatoms. The Balaban J connectivity index is 0.00000150. The zero-order valence-electron chi connectivity index (χ0n) is 15.6. The zero-order valence-corrected chi connectivity index (χ0v) is 18.1. The smallest absolute Gasteiger partial charge is 0.273 e. The van der Waals surface area contributed by atoms with Crippen molar-refractivity contribution in [3.05, 3.63) is 71.4 Å². The van der Waals surface area contributed by atoms with E-state index in [1.54, 1.807) is 11.6 Å². The third kappa shape index (κ3) is 5.25. The van der Waals surface area contributed by atoms with Gasteiger partial charge in [0.2, 0.25) is 0 Å². The van der Waals surface area contributed by atoms with Crippen LogP contribution in [0.3, 0.4) is 0 Å². The molecule has 2 aromatic heterocycles. The second kappa shape index (κ2) is 10.5. The van der Waals surface area contributed by atoms with Gasteiger partial charge in [-0.3, -0.25) is 4.79 Å². The van der Waals surface area contributed by atoms with Crippen LogP contribution in [0.1, 0.15) is 22.0 Å². The number of halogens is 2. The van der Waals surface area contributed by atoms with Gasteiger partial charge in [0, 0.05) is 30.6 Å². The van der Waals surface area contributed by atoms with E-state index < -0.39 is 0 Å². The first-order chi connectivity index (χ1) is 13.2. The molecule has 1 aliphatic heterocycles. The van der Waals surface area contributed by atoms with Gasteiger partial charge in [-0.25, -0.2) is 9.97 Å². The van der Waals surface area contributed by atoms with Gasteiger partial charge in [-0.05, 0) is 30.2 Å². The van der Waals surface area contributed by atoms with Crippen molar-refractivity contribution in [2.75, 3.05) is 25.0 Å². The number of thiazole rings is 1. The predicted octanol–water partition coefficient (Wildman–Crippen LogP) is 3.94. The van der Waals surface area contributed by atoms with Crippen LogP contribution in [-0.4, -0.2) is 40.4 Å². The quantitative estimate of drug-likeness (QED) is 0.613. The number of carbonyl (C=O) groups is 1. The normalized spacial score (nSPS) is 17.9. The van der Waals surface area contributed by atoms with Crippen LogP contribution >= 0.6 is 36.2 Å². The maximum Gasteiger partial charge on any atom is 0.273 e. The summed E-state index contributed by atoms with van der Waals surface area (Å²) in [6.07, 6.45) is 1.71. The summed E-state index contributed by atoms with van der Waals surface area (Å²) in [5.74, 6) is 1.20. The first-order valence-electron chi connectivity index (χ1n) is 8.92. The summed E-state index contributed by atoms with van der Waals surface area (Å²) in [6.45, 7) is 1.90. The molecule has 0 radical (unpaired) electrons.